The smallest absolute Gasteiger partial charge is 0.332 e. The summed E-state index contributed by atoms with van der Waals surface area (Å²) >= 11 is 0. The summed E-state index contributed by atoms with van der Waals surface area (Å²) in [4.78, 5) is 10.8. The summed E-state index contributed by atoms with van der Waals surface area (Å²) in [5, 5.41) is 0. The van der Waals surface area contributed by atoms with Crippen molar-refractivity contribution in [2.75, 3.05) is 6.26 Å². The van der Waals surface area contributed by atoms with Gasteiger partial charge in [0.2, 0.25) is 0 Å². The number of ether oxygens (including phenoxy) is 1. The molecule has 0 atom stereocenters. The second-order valence-corrected chi connectivity index (χ2v) is 5.20. The fraction of sp³-hybridized carbons (Fsp3) is 0.571. The van der Waals surface area contributed by atoms with Gasteiger partial charge in [0.05, 0.1) is 4.91 Å². The van der Waals surface area contributed by atoms with Crippen molar-refractivity contribution < 1.29 is 17.9 Å². The zero-order chi connectivity index (χ0) is 9.57. The maximum atomic E-state index is 11.1. The molecule has 0 aromatic heterocycles. The molecule has 68 valence electrons. The van der Waals surface area contributed by atoms with Crippen molar-refractivity contribution in [3.05, 3.63) is 11.0 Å². The molecule has 0 aromatic carbocycles. The minimum atomic E-state index is -3.33. The summed E-state index contributed by atoms with van der Waals surface area (Å²) in [5.74, 6) is -0.597. The Morgan fingerprint density at radius 3 is 2.08 bits per heavy atom. The topological polar surface area (TPSA) is 60.4 Å². The van der Waals surface area contributed by atoms with Crippen LogP contribution in [-0.2, 0) is 19.4 Å². The van der Waals surface area contributed by atoms with Crippen LogP contribution in [0.3, 0.4) is 0 Å². The van der Waals surface area contributed by atoms with Crippen molar-refractivity contribution in [1.29, 1.82) is 0 Å². The third-order valence-corrected chi connectivity index (χ3v) is 3.01. The fourth-order valence-electron chi connectivity index (χ4n) is 1.17. The van der Waals surface area contributed by atoms with Gasteiger partial charge in [-0.1, -0.05) is 0 Å². The highest BCUT2D eigenvalue weighted by molar-refractivity contribution is 7.94. The maximum absolute atomic E-state index is 11.1. The summed E-state index contributed by atoms with van der Waals surface area (Å²) < 4.78 is 27.0. The number of esters is 1. The van der Waals surface area contributed by atoms with Crippen LogP contribution in [0.2, 0.25) is 0 Å². The predicted molar refractivity (Wildman–Crippen MR) is 43.1 cm³/mol. The van der Waals surface area contributed by atoms with Gasteiger partial charge >= 0.3 is 5.97 Å². The van der Waals surface area contributed by atoms with Crippen LogP contribution >= 0.6 is 0 Å². The molecule has 4 nitrogen and oxygen atoms in total. The Morgan fingerprint density at radius 1 is 1.42 bits per heavy atom. The summed E-state index contributed by atoms with van der Waals surface area (Å²) in [6.45, 7) is 3.09. The standard InChI is InChI=1S/C7H10O4S/c1-7(2)5(12(3,9)10)4-6(8)11-7/h4H,1-3H3. The van der Waals surface area contributed by atoms with Crippen LogP contribution in [0.5, 0.6) is 0 Å². The summed E-state index contributed by atoms with van der Waals surface area (Å²) in [6.07, 6.45) is 2.08. The van der Waals surface area contributed by atoms with E-state index in [4.69, 9.17) is 4.74 Å². The second-order valence-electron chi connectivity index (χ2n) is 3.21. The van der Waals surface area contributed by atoms with Crippen LogP contribution in [-0.4, -0.2) is 26.2 Å². The Kier molecular flexibility index (Phi) is 1.79. The zero-order valence-electron chi connectivity index (χ0n) is 7.12. The van der Waals surface area contributed by atoms with E-state index in [0.717, 1.165) is 12.3 Å². The van der Waals surface area contributed by atoms with Gasteiger partial charge in [0, 0.05) is 12.3 Å². The van der Waals surface area contributed by atoms with Gasteiger partial charge in [-0.25, -0.2) is 13.2 Å². The molecule has 1 rings (SSSR count). The Balaban J connectivity index is 3.22. The average Bonchev–Trinajstić information content (AvgIpc) is 2.02. The first-order valence-electron chi connectivity index (χ1n) is 3.39. The maximum Gasteiger partial charge on any atom is 0.332 e. The van der Waals surface area contributed by atoms with Crippen molar-refractivity contribution in [3.63, 3.8) is 0 Å². The molecule has 0 aromatic rings. The summed E-state index contributed by atoms with van der Waals surface area (Å²) in [5.41, 5.74) is -1.01. The molecule has 0 amide bonds. The third kappa shape index (κ3) is 1.50. The minimum absolute atomic E-state index is 0.0417. The van der Waals surface area contributed by atoms with Crippen LogP contribution in [0.4, 0.5) is 0 Å². The predicted octanol–water partition coefficient (Wildman–Crippen LogP) is 0.250. The van der Waals surface area contributed by atoms with Gasteiger partial charge < -0.3 is 4.74 Å². The van der Waals surface area contributed by atoms with Crippen LogP contribution < -0.4 is 0 Å². The number of hydrogen-bond donors (Lipinski definition) is 0. The highest BCUT2D eigenvalue weighted by Crippen LogP contribution is 2.30. The van der Waals surface area contributed by atoms with Crippen LogP contribution in [0, 0.1) is 0 Å². The number of sulfone groups is 1. The number of cyclic esters (lactones) is 1. The lowest BCUT2D eigenvalue weighted by Gasteiger charge is -2.19. The third-order valence-electron chi connectivity index (χ3n) is 1.60. The Labute approximate surface area is 71.1 Å². The molecular formula is C7H10O4S. The van der Waals surface area contributed by atoms with E-state index in [2.05, 4.69) is 0 Å². The van der Waals surface area contributed by atoms with Crippen molar-refractivity contribution in [1.82, 2.24) is 0 Å². The quantitative estimate of drug-likeness (QED) is 0.556. The first-order valence-corrected chi connectivity index (χ1v) is 5.28. The molecule has 1 aliphatic rings. The lowest BCUT2D eigenvalue weighted by Crippen LogP contribution is -2.27. The van der Waals surface area contributed by atoms with E-state index in [0.29, 0.717) is 0 Å². The van der Waals surface area contributed by atoms with Gasteiger partial charge in [-0.15, -0.1) is 0 Å². The number of carbonyl (C=O) groups is 1. The molecule has 0 fully saturated rings. The number of rotatable bonds is 1. The van der Waals surface area contributed by atoms with E-state index < -0.39 is 21.4 Å². The Hall–Kier alpha value is -0.840. The van der Waals surface area contributed by atoms with Gasteiger partial charge in [-0.2, -0.15) is 0 Å². The van der Waals surface area contributed by atoms with Gasteiger partial charge in [-0.05, 0) is 13.8 Å². The lowest BCUT2D eigenvalue weighted by molar-refractivity contribution is -0.143. The molecule has 0 saturated carbocycles. The molecular weight excluding hydrogens is 180 g/mol. The molecule has 0 bridgehead atoms. The van der Waals surface area contributed by atoms with E-state index in [1.807, 2.05) is 0 Å². The molecule has 1 heterocycles. The molecule has 1 aliphatic heterocycles. The minimum Gasteiger partial charge on any atom is -0.451 e. The highest BCUT2D eigenvalue weighted by atomic mass is 32.2. The molecule has 0 spiro atoms. The van der Waals surface area contributed by atoms with E-state index >= 15 is 0 Å². The molecule has 12 heavy (non-hydrogen) atoms. The number of carbonyl (C=O) groups excluding carboxylic acids is 1. The van der Waals surface area contributed by atoms with Crippen molar-refractivity contribution in [3.8, 4) is 0 Å². The van der Waals surface area contributed by atoms with E-state index in [-0.39, 0.29) is 4.91 Å². The zero-order valence-corrected chi connectivity index (χ0v) is 7.94. The van der Waals surface area contributed by atoms with E-state index in [9.17, 15) is 13.2 Å². The van der Waals surface area contributed by atoms with Crippen molar-refractivity contribution in [2.45, 2.75) is 19.4 Å². The monoisotopic (exact) mass is 190 g/mol. The molecule has 0 aliphatic carbocycles. The highest BCUT2D eigenvalue weighted by Gasteiger charge is 2.39. The normalized spacial score (nSPS) is 21.9. The van der Waals surface area contributed by atoms with E-state index in [1.54, 1.807) is 13.8 Å². The van der Waals surface area contributed by atoms with Crippen LogP contribution in [0.1, 0.15) is 13.8 Å². The summed E-state index contributed by atoms with van der Waals surface area (Å²) in [6, 6.07) is 0. The SMILES string of the molecule is CC1(C)OC(=O)C=C1S(C)(=O)=O. The van der Waals surface area contributed by atoms with Crippen LogP contribution in [0.15, 0.2) is 11.0 Å². The lowest BCUT2D eigenvalue weighted by atomic mass is 10.1. The van der Waals surface area contributed by atoms with Gasteiger partial charge in [0.25, 0.3) is 0 Å². The summed E-state index contributed by atoms with van der Waals surface area (Å²) in [7, 11) is -3.33. The van der Waals surface area contributed by atoms with Gasteiger partial charge in [-0.3, -0.25) is 0 Å². The molecule has 5 heteroatoms. The molecule has 0 N–H and O–H groups in total. The Morgan fingerprint density at radius 2 is 1.92 bits per heavy atom. The van der Waals surface area contributed by atoms with Crippen LogP contribution in [0.25, 0.3) is 0 Å². The van der Waals surface area contributed by atoms with Gasteiger partial charge in [0.1, 0.15) is 5.60 Å². The Bertz CT molecular complexity index is 348. The fourth-order valence-corrected chi connectivity index (χ4v) is 2.41. The molecule has 0 saturated heterocycles. The average molecular weight is 190 g/mol. The van der Waals surface area contributed by atoms with Crippen molar-refractivity contribution in [2.24, 2.45) is 0 Å². The second kappa shape index (κ2) is 2.32. The molecule has 0 radical (unpaired) electrons. The van der Waals surface area contributed by atoms with Crippen molar-refractivity contribution >= 4 is 15.8 Å². The first-order chi connectivity index (χ1) is 5.23. The number of hydrogen-bond acceptors (Lipinski definition) is 4. The molecule has 0 unspecified atom stereocenters. The first kappa shape index (κ1) is 9.25. The van der Waals surface area contributed by atoms with E-state index in [1.165, 1.54) is 0 Å². The van der Waals surface area contributed by atoms with Gasteiger partial charge in [0.15, 0.2) is 9.84 Å². The largest absolute Gasteiger partial charge is 0.451 e.